The molecule has 0 saturated heterocycles. The molecule has 0 fully saturated rings. The van der Waals surface area contributed by atoms with Gasteiger partial charge in [0.15, 0.2) is 5.37 Å². The molecule has 0 aliphatic carbocycles. The van der Waals surface area contributed by atoms with E-state index in [2.05, 4.69) is 5.32 Å². The monoisotopic (exact) mass is 583 g/mol. The predicted octanol–water partition coefficient (Wildman–Crippen LogP) is 6.91. The second-order valence-electron chi connectivity index (χ2n) is 10.4. The molecule has 8 nitrogen and oxygen atoms in total. The molecule has 0 radical (unpaired) electrons. The summed E-state index contributed by atoms with van der Waals surface area (Å²) >= 11 is 0. The van der Waals surface area contributed by atoms with E-state index in [1.54, 1.807) is 63.2 Å². The van der Waals surface area contributed by atoms with E-state index in [0.717, 1.165) is 28.7 Å². The molecule has 0 aliphatic heterocycles. The van der Waals surface area contributed by atoms with Crippen LogP contribution in [0.25, 0.3) is 0 Å². The Balaban J connectivity index is 0.000000408. The molecule has 0 spiro atoms. The maximum Gasteiger partial charge on any atom is 0.408 e. The number of ether oxygens (including phenoxy) is 3. The lowest BCUT2D eigenvalue weighted by atomic mass is 10.1. The number of amides is 1. The van der Waals surface area contributed by atoms with E-state index in [1.165, 1.54) is 12.1 Å². The zero-order chi connectivity index (χ0) is 30.8. The maximum atomic E-state index is 13.4. The van der Waals surface area contributed by atoms with Gasteiger partial charge in [-0.1, -0.05) is 42.0 Å². The largest absolute Gasteiger partial charge is 0.494 e. The van der Waals surface area contributed by atoms with Gasteiger partial charge in [-0.3, -0.25) is 4.79 Å². The Morgan fingerprint density at radius 3 is 1.90 bits per heavy atom. The normalized spacial score (nSPS) is 11.9. The number of carbonyl (C=O) groups excluding carboxylic acids is 2. The Bertz CT molecular complexity index is 1430. The van der Waals surface area contributed by atoms with Crippen molar-refractivity contribution in [3.05, 3.63) is 88.5 Å². The van der Waals surface area contributed by atoms with Crippen LogP contribution >= 0.6 is 0 Å². The summed E-state index contributed by atoms with van der Waals surface area (Å²) in [6.07, 6.45) is 0.0128. The second kappa shape index (κ2) is 14.7. The highest BCUT2D eigenvalue weighted by atomic mass is 32.2. The number of carbonyl (C=O) groups is 2. The Kier molecular flexibility index (Phi) is 11.9. The molecule has 0 aliphatic rings. The fourth-order valence-corrected chi connectivity index (χ4v) is 5.25. The third-order valence-corrected chi connectivity index (χ3v) is 7.71. The molecule has 3 rings (SSSR count). The number of hydrogen-bond donors (Lipinski definition) is 1. The Morgan fingerprint density at radius 1 is 0.854 bits per heavy atom. The molecule has 9 heteroatoms. The molecule has 3 aromatic carbocycles. The van der Waals surface area contributed by atoms with E-state index in [9.17, 15) is 18.0 Å². The summed E-state index contributed by atoms with van der Waals surface area (Å²) in [7, 11) is -3.93. The molecule has 0 aromatic heterocycles. The Labute approximate surface area is 243 Å². The first kappa shape index (κ1) is 33.4. The minimum atomic E-state index is -3.93. The molecule has 1 atom stereocenters. The van der Waals surface area contributed by atoms with Gasteiger partial charge in [0.1, 0.15) is 23.4 Å². The highest BCUT2D eigenvalue weighted by Gasteiger charge is 2.33. The number of rotatable bonds is 9. The summed E-state index contributed by atoms with van der Waals surface area (Å²) in [6, 6.07) is 17.0. The SMILES string of the molecule is CCOc1cc(C(NC(=O)OC(C)(C)C)S(=O)(=O)c2ccc(C)cc2)ccc1C.CCOc1cc(C=O)ccc1C. The first-order chi connectivity index (χ1) is 19.2. The van der Waals surface area contributed by atoms with Gasteiger partial charge in [-0.25, -0.2) is 13.2 Å². The summed E-state index contributed by atoms with van der Waals surface area (Å²) in [5, 5.41) is 1.21. The van der Waals surface area contributed by atoms with E-state index in [4.69, 9.17) is 14.2 Å². The lowest BCUT2D eigenvalue weighted by Gasteiger charge is -2.24. The van der Waals surface area contributed by atoms with Crippen LogP contribution in [-0.2, 0) is 14.6 Å². The van der Waals surface area contributed by atoms with Gasteiger partial charge in [0, 0.05) is 5.56 Å². The van der Waals surface area contributed by atoms with Crippen molar-refractivity contribution in [2.24, 2.45) is 0 Å². The van der Waals surface area contributed by atoms with Crippen LogP contribution in [0, 0.1) is 20.8 Å². The third-order valence-electron chi connectivity index (χ3n) is 5.77. The van der Waals surface area contributed by atoms with Crippen LogP contribution in [0.5, 0.6) is 11.5 Å². The van der Waals surface area contributed by atoms with Crippen LogP contribution in [0.15, 0.2) is 65.6 Å². The zero-order valence-electron chi connectivity index (χ0n) is 25.1. The van der Waals surface area contributed by atoms with Gasteiger partial charge in [0.05, 0.1) is 18.1 Å². The van der Waals surface area contributed by atoms with E-state index in [0.29, 0.717) is 30.1 Å². The molecule has 1 unspecified atom stereocenters. The minimum Gasteiger partial charge on any atom is -0.494 e. The molecule has 3 aromatic rings. The molecule has 0 bridgehead atoms. The summed E-state index contributed by atoms with van der Waals surface area (Å²) < 4.78 is 43.0. The van der Waals surface area contributed by atoms with Crippen LogP contribution in [0.4, 0.5) is 4.79 Å². The first-order valence-corrected chi connectivity index (χ1v) is 15.0. The van der Waals surface area contributed by atoms with E-state index in [1.807, 2.05) is 40.7 Å². The number of nitrogens with one attached hydrogen (secondary N) is 1. The molecule has 41 heavy (non-hydrogen) atoms. The Morgan fingerprint density at radius 2 is 1.39 bits per heavy atom. The number of alkyl carbamates (subject to hydrolysis) is 1. The van der Waals surface area contributed by atoms with Crippen molar-refractivity contribution in [2.45, 2.75) is 71.3 Å². The van der Waals surface area contributed by atoms with Crippen LogP contribution < -0.4 is 14.8 Å². The number of aryl methyl sites for hydroxylation is 3. The maximum absolute atomic E-state index is 13.4. The summed E-state index contributed by atoms with van der Waals surface area (Å²) in [6.45, 7) is 15.7. The summed E-state index contributed by atoms with van der Waals surface area (Å²) in [5.41, 5.74) is 3.16. The van der Waals surface area contributed by atoms with E-state index < -0.39 is 26.9 Å². The second-order valence-corrected chi connectivity index (χ2v) is 12.5. The first-order valence-electron chi connectivity index (χ1n) is 13.4. The number of aldehydes is 1. The smallest absolute Gasteiger partial charge is 0.408 e. The fraction of sp³-hybridized carbons (Fsp3) is 0.375. The van der Waals surface area contributed by atoms with Gasteiger partial charge in [-0.05, 0) is 96.3 Å². The average Bonchev–Trinajstić information content (AvgIpc) is 2.90. The van der Waals surface area contributed by atoms with Gasteiger partial charge in [-0.2, -0.15) is 0 Å². The minimum absolute atomic E-state index is 0.114. The third kappa shape index (κ3) is 9.93. The van der Waals surface area contributed by atoms with Gasteiger partial charge in [0.2, 0.25) is 9.84 Å². The van der Waals surface area contributed by atoms with Crippen LogP contribution in [0.3, 0.4) is 0 Å². The van der Waals surface area contributed by atoms with Crippen LogP contribution in [-0.4, -0.2) is 39.6 Å². The van der Waals surface area contributed by atoms with Gasteiger partial charge < -0.3 is 19.5 Å². The predicted molar refractivity (Wildman–Crippen MR) is 161 cm³/mol. The van der Waals surface area contributed by atoms with Gasteiger partial charge in [-0.15, -0.1) is 0 Å². The van der Waals surface area contributed by atoms with Crippen molar-refractivity contribution >= 4 is 22.2 Å². The number of hydrogen-bond acceptors (Lipinski definition) is 7. The fourth-order valence-electron chi connectivity index (χ4n) is 3.71. The molecular formula is C32H41NO7S. The van der Waals surface area contributed by atoms with E-state index >= 15 is 0 Å². The lowest BCUT2D eigenvalue weighted by Crippen LogP contribution is -2.38. The molecule has 1 N–H and O–H groups in total. The highest BCUT2D eigenvalue weighted by Crippen LogP contribution is 2.31. The van der Waals surface area contributed by atoms with Crippen molar-refractivity contribution in [2.75, 3.05) is 13.2 Å². The van der Waals surface area contributed by atoms with Crippen molar-refractivity contribution in [3.63, 3.8) is 0 Å². The highest BCUT2D eigenvalue weighted by molar-refractivity contribution is 7.91. The molecule has 222 valence electrons. The van der Waals surface area contributed by atoms with Crippen molar-refractivity contribution in [3.8, 4) is 11.5 Å². The standard InChI is InChI=1S/C22H29NO5S.C10H12O2/c1-7-27-19-14-17(11-10-16(19)3)20(23-21(24)28-22(4,5)6)29(25,26)18-12-8-15(2)9-13-18;1-3-12-10-6-9(7-11)5-4-8(10)2/h8-14,20H,7H2,1-6H3,(H,23,24);4-7H,3H2,1-2H3. The summed E-state index contributed by atoms with van der Waals surface area (Å²) in [4.78, 5) is 23.0. The van der Waals surface area contributed by atoms with Crippen molar-refractivity contribution < 1.29 is 32.2 Å². The Hall–Kier alpha value is -3.85. The molecule has 0 heterocycles. The van der Waals surface area contributed by atoms with Crippen molar-refractivity contribution in [1.29, 1.82) is 0 Å². The van der Waals surface area contributed by atoms with Crippen LogP contribution in [0.2, 0.25) is 0 Å². The van der Waals surface area contributed by atoms with Crippen molar-refractivity contribution in [1.82, 2.24) is 5.32 Å². The lowest BCUT2D eigenvalue weighted by molar-refractivity contribution is 0.0519. The molecule has 0 saturated carbocycles. The van der Waals surface area contributed by atoms with E-state index in [-0.39, 0.29) is 4.90 Å². The zero-order valence-corrected chi connectivity index (χ0v) is 25.9. The topological polar surface area (TPSA) is 108 Å². The molecule has 1 amide bonds. The quantitative estimate of drug-likeness (QED) is 0.273. The average molecular weight is 584 g/mol. The number of benzene rings is 3. The molecular weight excluding hydrogens is 542 g/mol. The number of sulfone groups is 1. The summed E-state index contributed by atoms with van der Waals surface area (Å²) in [5.74, 6) is 1.36. The van der Waals surface area contributed by atoms with Gasteiger partial charge >= 0.3 is 6.09 Å². The van der Waals surface area contributed by atoms with Crippen LogP contribution in [0.1, 0.15) is 72.6 Å². The van der Waals surface area contributed by atoms with Gasteiger partial charge in [0.25, 0.3) is 0 Å².